The molecule has 0 radical (unpaired) electrons. The van der Waals surface area contributed by atoms with E-state index in [2.05, 4.69) is 59.1 Å². The molecule has 0 amide bonds. The van der Waals surface area contributed by atoms with Crippen molar-refractivity contribution in [2.75, 3.05) is 14.1 Å². The van der Waals surface area contributed by atoms with Crippen LogP contribution < -0.4 is 24.0 Å². The second kappa shape index (κ2) is 12.5. The van der Waals surface area contributed by atoms with Crippen LogP contribution in [-0.2, 0) is 6.42 Å². The molecule has 0 spiro atoms. The van der Waals surface area contributed by atoms with Gasteiger partial charge >= 0.3 is 0 Å². The van der Waals surface area contributed by atoms with Gasteiger partial charge in [0.2, 0.25) is 0 Å². The molecule has 156 valence electrons. The van der Waals surface area contributed by atoms with E-state index in [1.165, 1.54) is 80.7 Å². The van der Waals surface area contributed by atoms with Gasteiger partial charge in [0.25, 0.3) is 0 Å². The van der Waals surface area contributed by atoms with E-state index < -0.39 is 0 Å². The van der Waals surface area contributed by atoms with Gasteiger partial charge in [0.05, 0.1) is 26.2 Å². The Morgan fingerprint density at radius 1 is 0.852 bits per heavy atom. The van der Waals surface area contributed by atoms with Gasteiger partial charge in [-0.25, -0.2) is 0 Å². The van der Waals surface area contributed by atoms with Crippen LogP contribution >= 0.6 is 0 Å². The molecule has 0 aromatic heterocycles. The van der Waals surface area contributed by atoms with Crippen LogP contribution in [0.25, 0.3) is 0 Å². The van der Waals surface area contributed by atoms with Crippen LogP contribution in [0.3, 0.4) is 0 Å². The average Bonchev–Trinajstić information content (AvgIpc) is 2.65. The van der Waals surface area contributed by atoms with Crippen molar-refractivity contribution in [2.24, 2.45) is 0 Å². The highest BCUT2D eigenvalue weighted by molar-refractivity contribution is 5.26. The fourth-order valence-electron chi connectivity index (χ4n) is 4.56. The summed E-state index contributed by atoms with van der Waals surface area (Å²) in [6.07, 6.45) is 15.1. The van der Waals surface area contributed by atoms with Crippen molar-refractivity contribution in [2.45, 2.75) is 109 Å². The van der Waals surface area contributed by atoms with Gasteiger partial charge in [-0.1, -0.05) is 63.3 Å². The van der Waals surface area contributed by atoms with Gasteiger partial charge in [-0.05, 0) is 56.6 Å². The second-order valence-electron chi connectivity index (χ2n) is 9.49. The number of quaternary nitrogens is 1. The van der Waals surface area contributed by atoms with E-state index in [0.29, 0.717) is 0 Å². The number of halogens is 1. The summed E-state index contributed by atoms with van der Waals surface area (Å²) in [6.45, 7) is 7.03. The highest BCUT2D eigenvalue weighted by Gasteiger charge is 2.35. The maximum Gasteiger partial charge on any atom is 0.0888 e. The number of rotatable bonds is 10. The van der Waals surface area contributed by atoms with Crippen molar-refractivity contribution in [1.29, 1.82) is 0 Å². The van der Waals surface area contributed by atoms with Crippen molar-refractivity contribution in [1.82, 2.24) is 0 Å². The topological polar surface area (TPSA) is 0 Å². The lowest BCUT2D eigenvalue weighted by Gasteiger charge is -2.44. The minimum absolute atomic E-state index is 0. The molecule has 27 heavy (non-hydrogen) atoms. The van der Waals surface area contributed by atoms with Crippen molar-refractivity contribution < 1.29 is 28.5 Å². The van der Waals surface area contributed by atoms with Crippen molar-refractivity contribution in [3.8, 4) is 0 Å². The zero-order valence-corrected chi connectivity index (χ0v) is 20.8. The van der Waals surface area contributed by atoms with Crippen LogP contribution in [0.4, 0.5) is 0 Å². The van der Waals surface area contributed by atoms with Crippen LogP contribution in [0.2, 0.25) is 0 Å². The Kier molecular flexibility index (Phi) is 11.5. The molecule has 0 atom stereocenters. The number of hydrogen-bond donors (Lipinski definition) is 0. The largest absolute Gasteiger partial charge is 1.00 e. The third-order valence-electron chi connectivity index (χ3n) is 7.24. The van der Waals surface area contributed by atoms with Crippen LogP contribution in [0, 0.1) is 0 Å². The lowest BCUT2D eigenvalue weighted by molar-refractivity contribution is -0.936. The lowest BCUT2D eigenvalue weighted by atomic mass is 9.80. The Morgan fingerprint density at radius 3 is 1.96 bits per heavy atom. The summed E-state index contributed by atoms with van der Waals surface area (Å²) in [5, 5.41) is 0. The predicted octanol–water partition coefficient (Wildman–Crippen LogP) is 4.10. The van der Waals surface area contributed by atoms with Gasteiger partial charge in [0.15, 0.2) is 0 Å². The van der Waals surface area contributed by atoms with Gasteiger partial charge in [-0.2, -0.15) is 0 Å². The quantitative estimate of drug-likeness (QED) is 0.266. The first-order chi connectivity index (χ1) is 12.4. The van der Waals surface area contributed by atoms with E-state index in [-0.39, 0.29) is 24.0 Å². The van der Waals surface area contributed by atoms with Crippen molar-refractivity contribution in [3.63, 3.8) is 0 Å². The normalized spacial score (nSPS) is 20.5. The molecule has 1 fully saturated rings. The monoisotopic (exact) mass is 485 g/mol. The van der Waals surface area contributed by atoms with E-state index >= 15 is 0 Å². The van der Waals surface area contributed by atoms with Crippen LogP contribution in [-0.4, -0.2) is 30.7 Å². The number of hydrogen-bond acceptors (Lipinski definition) is 0. The lowest BCUT2D eigenvalue weighted by Crippen LogP contribution is -3.00. The minimum atomic E-state index is 0. The Morgan fingerprint density at radius 2 is 1.41 bits per heavy atom. The molecule has 0 heterocycles. The standard InChI is InChI=1S/C25H44N.HI/c1-6-7-8-9-10-11-12-22-13-15-23(16-14-22)24-17-19-25(20-18-24)26(4,5)21(2)3;/h13-16,21,24-25H,6-12,17-20H2,1-5H3;1H/q+1;/p-1. The SMILES string of the molecule is CCCCCCCCc1ccc(C2CCC([N+](C)(C)C(C)C)CC2)cc1.[I-]. The molecule has 0 bridgehead atoms. The first-order valence-corrected chi connectivity index (χ1v) is 11.4. The highest BCUT2D eigenvalue weighted by Crippen LogP contribution is 2.37. The van der Waals surface area contributed by atoms with E-state index in [4.69, 9.17) is 0 Å². The maximum atomic E-state index is 2.43. The van der Waals surface area contributed by atoms with Crippen molar-refractivity contribution >= 4 is 0 Å². The number of aryl methyl sites for hydroxylation is 1. The van der Waals surface area contributed by atoms with Gasteiger partial charge < -0.3 is 28.5 Å². The first kappa shape index (κ1) is 24.9. The molecule has 1 saturated carbocycles. The van der Waals surface area contributed by atoms with E-state index in [0.717, 1.165) is 18.0 Å². The summed E-state index contributed by atoms with van der Waals surface area (Å²) < 4.78 is 1.18. The molecule has 1 aromatic rings. The van der Waals surface area contributed by atoms with Gasteiger partial charge in [0, 0.05) is 12.8 Å². The summed E-state index contributed by atoms with van der Waals surface area (Å²) in [4.78, 5) is 0. The summed E-state index contributed by atoms with van der Waals surface area (Å²) in [6, 6.07) is 11.2. The third-order valence-corrected chi connectivity index (χ3v) is 7.24. The summed E-state index contributed by atoms with van der Waals surface area (Å²) >= 11 is 0. The molecule has 2 rings (SSSR count). The zero-order chi connectivity index (χ0) is 19.0. The fourth-order valence-corrected chi connectivity index (χ4v) is 4.56. The molecule has 1 aliphatic rings. The summed E-state index contributed by atoms with van der Waals surface area (Å²) in [7, 11) is 4.85. The zero-order valence-electron chi connectivity index (χ0n) is 18.6. The molecule has 2 heteroatoms. The fraction of sp³-hybridized carbons (Fsp3) is 0.760. The number of nitrogens with zero attached hydrogens (tertiary/aromatic N) is 1. The number of unbranched alkanes of at least 4 members (excludes halogenated alkanes) is 5. The maximum absolute atomic E-state index is 2.43. The molecular weight excluding hydrogens is 441 g/mol. The van der Waals surface area contributed by atoms with E-state index in [1.54, 1.807) is 5.56 Å². The minimum Gasteiger partial charge on any atom is -1.00 e. The number of benzene rings is 1. The molecule has 0 saturated heterocycles. The second-order valence-corrected chi connectivity index (χ2v) is 9.49. The Hall–Kier alpha value is -0.0900. The third kappa shape index (κ3) is 7.68. The Labute approximate surface area is 186 Å². The smallest absolute Gasteiger partial charge is 0.0888 e. The van der Waals surface area contributed by atoms with Crippen LogP contribution in [0.15, 0.2) is 24.3 Å². The van der Waals surface area contributed by atoms with Gasteiger partial charge in [-0.3, -0.25) is 0 Å². The summed E-state index contributed by atoms with van der Waals surface area (Å²) in [5.74, 6) is 0.793. The van der Waals surface area contributed by atoms with E-state index in [1.807, 2.05) is 0 Å². The molecular formula is C25H44IN. The van der Waals surface area contributed by atoms with E-state index in [9.17, 15) is 0 Å². The first-order valence-electron chi connectivity index (χ1n) is 11.4. The predicted molar refractivity (Wildman–Crippen MR) is 116 cm³/mol. The molecule has 1 aliphatic carbocycles. The Balaban J connectivity index is 0.00000364. The van der Waals surface area contributed by atoms with Crippen LogP contribution in [0.1, 0.15) is 102 Å². The summed E-state index contributed by atoms with van der Waals surface area (Å²) in [5.41, 5.74) is 3.13. The van der Waals surface area contributed by atoms with Crippen LogP contribution in [0.5, 0.6) is 0 Å². The molecule has 0 aliphatic heterocycles. The highest BCUT2D eigenvalue weighted by atomic mass is 127. The van der Waals surface area contributed by atoms with Gasteiger partial charge in [0.1, 0.15) is 0 Å². The average molecular weight is 486 g/mol. The molecule has 1 nitrogen and oxygen atoms in total. The molecule has 0 N–H and O–H groups in total. The van der Waals surface area contributed by atoms with Gasteiger partial charge in [-0.15, -0.1) is 0 Å². The molecule has 1 aromatic carbocycles. The Bertz CT molecular complexity index is 498. The molecule has 0 unspecified atom stereocenters. The van der Waals surface area contributed by atoms with Crippen molar-refractivity contribution in [3.05, 3.63) is 35.4 Å².